The Labute approximate surface area is 126 Å². The second-order valence-corrected chi connectivity index (χ2v) is 5.08. The predicted octanol–water partition coefficient (Wildman–Crippen LogP) is 2.81. The molecule has 1 rings (SSSR count). The molecule has 0 aliphatic heterocycles. The van der Waals surface area contributed by atoms with E-state index < -0.39 is 4.92 Å². The molecule has 0 amide bonds. The van der Waals surface area contributed by atoms with Gasteiger partial charge in [-0.2, -0.15) is 0 Å². The van der Waals surface area contributed by atoms with Gasteiger partial charge in [-0.1, -0.05) is 19.9 Å². The molecule has 0 heterocycles. The fourth-order valence-electron chi connectivity index (χ4n) is 2.51. The Morgan fingerprint density at radius 2 is 2.05 bits per heavy atom. The number of nitrogen functional groups attached to an aromatic ring is 1. The van der Waals surface area contributed by atoms with Crippen LogP contribution in [-0.2, 0) is 11.3 Å². The Bertz CT molecular complexity index is 461. The molecular formula is C15H25N3O3. The summed E-state index contributed by atoms with van der Waals surface area (Å²) in [5, 5.41) is 10.8. The highest BCUT2D eigenvalue weighted by Gasteiger charge is 2.17. The van der Waals surface area contributed by atoms with Crippen molar-refractivity contribution in [1.29, 1.82) is 0 Å². The summed E-state index contributed by atoms with van der Waals surface area (Å²) in [5.41, 5.74) is 6.92. The van der Waals surface area contributed by atoms with Gasteiger partial charge in [0.1, 0.15) is 5.69 Å². The molecule has 6 nitrogen and oxygen atoms in total. The van der Waals surface area contributed by atoms with Crippen molar-refractivity contribution in [2.75, 3.05) is 26.0 Å². The van der Waals surface area contributed by atoms with Crippen molar-refractivity contribution in [3.8, 4) is 0 Å². The number of benzene rings is 1. The van der Waals surface area contributed by atoms with Gasteiger partial charge in [0.2, 0.25) is 0 Å². The van der Waals surface area contributed by atoms with E-state index in [1.807, 2.05) is 0 Å². The minimum Gasteiger partial charge on any atom is -0.393 e. The Balaban J connectivity index is 2.87. The Morgan fingerprint density at radius 3 is 2.52 bits per heavy atom. The maximum atomic E-state index is 10.8. The molecular weight excluding hydrogens is 270 g/mol. The number of nitro groups is 1. The largest absolute Gasteiger partial charge is 0.393 e. The zero-order valence-corrected chi connectivity index (χ0v) is 13.0. The predicted molar refractivity (Wildman–Crippen MR) is 84.2 cm³/mol. The van der Waals surface area contributed by atoms with E-state index in [0.29, 0.717) is 12.6 Å². The van der Waals surface area contributed by atoms with Crippen molar-refractivity contribution < 1.29 is 9.66 Å². The van der Waals surface area contributed by atoms with Gasteiger partial charge in [-0.05, 0) is 24.5 Å². The van der Waals surface area contributed by atoms with Crippen LogP contribution in [0.2, 0.25) is 0 Å². The van der Waals surface area contributed by atoms with E-state index in [9.17, 15) is 10.1 Å². The molecule has 0 bridgehead atoms. The van der Waals surface area contributed by atoms with E-state index in [2.05, 4.69) is 18.7 Å². The SMILES string of the molecule is CCC(CC)N(CCOC)Cc1ccc([N+](=O)[O-])c(N)c1. The maximum absolute atomic E-state index is 10.8. The smallest absolute Gasteiger partial charge is 0.292 e. The van der Waals surface area contributed by atoms with Crippen molar-refractivity contribution in [3.05, 3.63) is 33.9 Å². The number of nitrogens with zero attached hydrogens (tertiary/aromatic N) is 2. The van der Waals surface area contributed by atoms with Crippen LogP contribution >= 0.6 is 0 Å². The standard InChI is InChI=1S/C15H25N3O3/c1-4-13(5-2)17(8-9-21-3)11-12-6-7-15(18(19)20)14(16)10-12/h6-7,10,13H,4-5,8-9,11,16H2,1-3H3. The van der Waals surface area contributed by atoms with E-state index in [4.69, 9.17) is 10.5 Å². The lowest BCUT2D eigenvalue weighted by Gasteiger charge is -2.30. The van der Waals surface area contributed by atoms with Crippen LogP contribution in [0, 0.1) is 10.1 Å². The second kappa shape index (κ2) is 8.59. The van der Waals surface area contributed by atoms with Gasteiger partial charge >= 0.3 is 0 Å². The van der Waals surface area contributed by atoms with Crippen molar-refractivity contribution >= 4 is 11.4 Å². The molecule has 118 valence electrons. The molecule has 1 aromatic rings. The lowest BCUT2D eigenvalue weighted by Crippen LogP contribution is -2.36. The number of nitrogens with two attached hydrogens (primary N) is 1. The van der Waals surface area contributed by atoms with Gasteiger partial charge in [-0.3, -0.25) is 15.0 Å². The molecule has 0 atom stereocenters. The minimum atomic E-state index is -0.456. The van der Waals surface area contributed by atoms with E-state index in [1.54, 1.807) is 19.2 Å². The van der Waals surface area contributed by atoms with E-state index >= 15 is 0 Å². The van der Waals surface area contributed by atoms with Crippen molar-refractivity contribution in [3.63, 3.8) is 0 Å². The average Bonchev–Trinajstić information content (AvgIpc) is 2.45. The quantitative estimate of drug-likeness (QED) is 0.430. The van der Waals surface area contributed by atoms with Crippen LogP contribution in [0.15, 0.2) is 18.2 Å². The highest BCUT2D eigenvalue weighted by molar-refractivity contribution is 5.59. The summed E-state index contributed by atoms with van der Waals surface area (Å²) in [7, 11) is 1.69. The van der Waals surface area contributed by atoms with Gasteiger partial charge in [0, 0.05) is 32.3 Å². The summed E-state index contributed by atoms with van der Waals surface area (Å²) in [6.45, 7) is 6.55. The first-order valence-electron chi connectivity index (χ1n) is 7.29. The monoisotopic (exact) mass is 295 g/mol. The van der Waals surface area contributed by atoms with Gasteiger partial charge in [-0.15, -0.1) is 0 Å². The molecule has 2 N–H and O–H groups in total. The molecule has 0 unspecified atom stereocenters. The normalized spacial score (nSPS) is 11.3. The third-order valence-corrected chi connectivity index (χ3v) is 3.72. The summed E-state index contributed by atoms with van der Waals surface area (Å²) in [6.07, 6.45) is 2.12. The summed E-state index contributed by atoms with van der Waals surface area (Å²) in [5.74, 6) is 0. The fraction of sp³-hybridized carbons (Fsp3) is 0.600. The summed E-state index contributed by atoms with van der Waals surface area (Å²) in [6, 6.07) is 5.42. The number of nitro benzene ring substituents is 1. The second-order valence-electron chi connectivity index (χ2n) is 5.08. The molecule has 0 saturated carbocycles. The zero-order valence-electron chi connectivity index (χ0n) is 13.0. The number of hydrogen-bond acceptors (Lipinski definition) is 5. The van der Waals surface area contributed by atoms with Gasteiger partial charge < -0.3 is 10.5 Å². The summed E-state index contributed by atoms with van der Waals surface area (Å²) in [4.78, 5) is 12.7. The van der Waals surface area contributed by atoms with Crippen LogP contribution in [0.25, 0.3) is 0 Å². The van der Waals surface area contributed by atoms with Crippen LogP contribution < -0.4 is 5.73 Å². The first-order valence-corrected chi connectivity index (χ1v) is 7.29. The highest BCUT2D eigenvalue weighted by Crippen LogP contribution is 2.23. The van der Waals surface area contributed by atoms with Crippen LogP contribution in [0.4, 0.5) is 11.4 Å². The molecule has 0 radical (unpaired) electrons. The molecule has 0 aliphatic rings. The van der Waals surface area contributed by atoms with Crippen LogP contribution in [-0.4, -0.2) is 36.1 Å². The van der Waals surface area contributed by atoms with Gasteiger partial charge in [0.15, 0.2) is 0 Å². The van der Waals surface area contributed by atoms with Crippen LogP contribution in [0.5, 0.6) is 0 Å². The topological polar surface area (TPSA) is 81.6 Å². The highest BCUT2D eigenvalue weighted by atomic mass is 16.6. The Hall–Kier alpha value is -1.66. The van der Waals surface area contributed by atoms with Gasteiger partial charge in [0.05, 0.1) is 11.5 Å². The lowest BCUT2D eigenvalue weighted by atomic mass is 10.1. The van der Waals surface area contributed by atoms with Crippen molar-refractivity contribution in [1.82, 2.24) is 4.90 Å². The minimum absolute atomic E-state index is 0.0373. The van der Waals surface area contributed by atoms with E-state index in [-0.39, 0.29) is 11.4 Å². The molecule has 0 aliphatic carbocycles. The molecule has 0 aromatic heterocycles. The summed E-state index contributed by atoms with van der Waals surface area (Å²) < 4.78 is 5.17. The van der Waals surface area contributed by atoms with Crippen molar-refractivity contribution in [2.45, 2.75) is 39.3 Å². The molecule has 1 aromatic carbocycles. The Kier molecular flexibility index (Phi) is 7.11. The molecule has 21 heavy (non-hydrogen) atoms. The molecule has 6 heteroatoms. The van der Waals surface area contributed by atoms with E-state index in [0.717, 1.165) is 31.5 Å². The number of ether oxygens (including phenoxy) is 1. The third kappa shape index (κ3) is 4.99. The lowest BCUT2D eigenvalue weighted by molar-refractivity contribution is -0.383. The van der Waals surface area contributed by atoms with Crippen LogP contribution in [0.3, 0.4) is 0 Å². The first-order chi connectivity index (χ1) is 10.0. The number of rotatable bonds is 9. The Morgan fingerprint density at radius 1 is 1.38 bits per heavy atom. The third-order valence-electron chi connectivity index (χ3n) is 3.72. The molecule has 0 fully saturated rings. The van der Waals surface area contributed by atoms with Gasteiger partial charge in [0.25, 0.3) is 5.69 Å². The molecule has 0 spiro atoms. The number of hydrogen-bond donors (Lipinski definition) is 1. The summed E-state index contributed by atoms with van der Waals surface area (Å²) >= 11 is 0. The molecule has 0 saturated heterocycles. The number of methoxy groups -OCH3 is 1. The van der Waals surface area contributed by atoms with Gasteiger partial charge in [-0.25, -0.2) is 0 Å². The van der Waals surface area contributed by atoms with Crippen molar-refractivity contribution in [2.24, 2.45) is 0 Å². The van der Waals surface area contributed by atoms with Crippen LogP contribution in [0.1, 0.15) is 32.3 Å². The zero-order chi connectivity index (χ0) is 15.8. The average molecular weight is 295 g/mol. The number of anilines is 1. The first kappa shape index (κ1) is 17.4. The van der Waals surface area contributed by atoms with E-state index in [1.165, 1.54) is 6.07 Å². The maximum Gasteiger partial charge on any atom is 0.292 e. The fourth-order valence-corrected chi connectivity index (χ4v) is 2.51.